The standard InChI is InChI=1S/C21H23FN2O3/c22-17-6-4-16(5-7-17)19(15-18-3-1-2-10-23-18)20(25)24-11-8-21(9-12-24)26-13-14-27-21/h1-7,10,19H,8-9,11-15H2. The Bertz CT molecular complexity index is 766. The van der Waals surface area contributed by atoms with Gasteiger partial charge in [-0.3, -0.25) is 9.78 Å². The van der Waals surface area contributed by atoms with Gasteiger partial charge >= 0.3 is 0 Å². The van der Waals surface area contributed by atoms with Crippen molar-refractivity contribution in [3.63, 3.8) is 0 Å². The SMILES string of the molecule is O=C(C(Cc1ccccn1)c1ccc(F)cc1)N1CCC2(CC1)OCCO2. The quantitative estimate of drug-likeness (QED) is 0.830. The average molecular weight is 370 g/mol. The van der Waals surface area contributed by atoms with E-state index in [4.69, 9.17) is 9.47 Å². The topological polar surface area (TPSA) is 51.7 Å². The van der Waals surface area contributed by atoms with Gasteiger partial charge in [0.05, 0.1) is 19.1 Å². The van der Waals surface area contributed by atoms with Crippen molar-refractivity contribution in [2.45, 2.75) is 31.0 Å². The number of rotatable bonds is 4. The predicted octanol–water partition coefficient (Wildman–Crippen LogP) is 2.91. The largest absolute Gasteiger partial charge is 0.347 e. The molecular weight excluding hydrogens is 347 g/mol. The number of hydrogen-bond donors (Lipinski definition) is 0. The molecule has 0 radical (unpaired) electrons. The smallest absolute Gasteiger partial charge is 0.230 e. The Balaban J connectivity index is 1.52. The molecule has 3 heterocycles. The summed E-state index contributed by atoms with van der Waals surface area (Å²) in [5.41, 5.74) is 1.65. The fourth-order valence-electron chi connectivity index (χ4n) is 3.84. The van der Waals surface area contributed by atoms with Crippen molar-refractivity contribution in [3.8, 4) is 0 Å². The number of amides is 1. The molecule has 2 aliphatic rings. The normalized spacial score (nSPS) is 20.0. The highest BCUT2D eigenvalue weighted by molar-refractivity contribution is 5.84. The van der Waals surface area contributed by atoms with E-state index in [0.29, 0.717) is 45.6 Å². The Morgan fingerprint density at radius 3 is 2.44 bits per heavy atom. The van der Waals surface area contributed by atoms with E-state index in [9.17, 15) is 9.18 Å². The Labute approximate surface area is 158 Å². The number of carbonyl (C=O) groups excluding carboxylic acids is 1. The van der Waals surface area contributed by atoms with Gasteiger partial charge in [0, 0.05) is 44.2 Å². The van der Waals surface area contributed by atoms with Crippen LogP contribution in [0.2, 0.25) is 0 Å². The molecule has 0 bridgehead atoms. The highest BCUT2D eigenvalue weighted by Gasteiger charge is 2.41. The molecule has 6 heteroatoms. The number of aromatic nitrogens is 1. The summed E-state index contributed by atoms with van der Waals surface area (Å²) in [5, 5.41) is 0. The number of benzene rings is 1. The highest BCUT2D eigenvalue weighted by Crippen LogP contribution is 2.33. The van der Waals surface area contributed by atoms with Crippen LogP contribution in [0.3, 0.4) is 0 Å². The van der Waals surface area contributed by atoms with Crippen molar-refractivity contribution in [2.75, 3.05) is 26.3 Å². The zero-order valence-corrected chi connectivity index (χ0v) is 15.1. The van der Waals surface area contributed by atoms with Crippen LogP contribution in [0, 0.1) is 5.82 Å². The molecule has 2 aromatic rings. The molecule has 1 atom stereocenters. The molecule has 1 amide bonds. The van der Waals surface area contributed by atoms with Crippen LogP contribution in [0.4, 0.5) is 4.39 Å². The van der Waals surface area contributed by atoms with Crippen molar-refractivity contribution < 1.29 is 18.7 Å². The fraction of sp³-hybridized carbons (Fsp3) is 0.429. The van der Waals surface area contributed by atoms with Crippen molar-refractivity contribution in [2.24, 2.45) is 0 Å². The zero-order valence-electron chi connectivity index (χ0n) is 15.1. The van der Waals surface area contributed by atoms with E-state index in [1.54, 1.807) is 18.3 Å². The number of hydrogen-bond acceptors (Lipinski definition) is 4. The van der Waals surface area contributed by atoms with E-state index >= 15 is 0 Å². The Kier molecular flexibility index (Phi) is 5.18. The van der Waals surface area contributed by atoms with E-state index in [1.165, 1.54) is 12.1 Å². The van der Waals surface area contributed by atoms with Gasteiger partial charge in [0.2, 0.25) is 5.91 Å². The first kappa shape index (κ1) is 18.1. The van der Waals surface area contributed by atoms with Crippen LogP contribution in [0.1, 0.15) is 30.0 Å². The van der Waals surface area contributed by atoms with Gasteiger partial charge in [-0.2, -0.15) is 0 Å². The molecule has 27 heavy (non-hydrogen) atoms. The summed E-state index contributed by atoms with van der Waals surface area (Å²) in [7, 11) is 0. The number of halogens is 1. The number of likely N-dealkylation sites (tertiary alicyclic amines) is 1. The zero-order chi connectivity index (χ0) is 18.7. The van der Waals surface area contributed by atoms with Crippen LogP contribution >= 0.6 is 0 Å². The lowest BCUT2D eigenvalue weighted by atomic mass is 9.91. The maximum absolute atomic E-state index is 13.4. The minimum absolute atomic E-state index is 0.0418. The van der Waals surface area contributed by atoms with Gasteiger partial charge in [-0.1, -0.05) is 18.2 Å². The number of nitrogens with zero attached hydrogens (tertiary/aromatic N) is 2. The molecular formula is C21H23FN2O3. The summed E-state index contributed by atoms with van der Waals surface area (Å²) in [6, 6.07) is 11.9. The lowest BCUT2D eigenvalue weighted by Gasteiger charge is -2.39. The first-order valence-electron chi connectivity index (χ1n) is 9.37. The molecule has 2 aliphatic heterocycles. The molecule has 2 fully saturated rings. The van der Waals surface area contributed by atoms with E-state index < -0.39 is 5.79 Å². The first-order valence-corrected chi connectivity index (χ1v) is 9.37. The molecule has 1 spiro atoms. The summed E-state index contributed by atoms with van der Waals surface area (Å²) in [6.45, 7) is 2.43. The van der Waals surface area contributed by atoms with E-state index in [-0.39, 0.29) is 17.6 Å². The van der Waals surface area contributed by atoms with Crippen molar-refractivity contribution in [3.05, 3.63) is 65.7 Å². The minimum atomic E-state index is -0.511. The third-order valence-electron chi connectivity index (χ3n) is 5.36. The maximum Gasteiger partial charge on any atom is 0.230 e. The third-order valence-corrected chi connectivity index (χ3v) is 5.36. The summed E-state index contributed by atoms with van der Waals surface area (Å²) >= 11 is 0. The van der Waals surface area contributed by atoms with Crippen molar-refractivity contribution in [1.29, 1.82) is 0 Å². The molecule has 2 saturated heterocycles. The number of pyridine rings is 1. The third kappa shape index (κ3) is 4.01. The van der Waals surface area contributed by atoms with Crippen molar-refractivity contribution >= 4 is 5.91 Å². The average Bonchev–Trinajstić information content (AvgIpc) is 3.16. The molecule has 4 rings (SSSR count). The van der Waals surface area contributed by atoms with Gasteiger partial charge in [-0.15, -0.1) is 0 Å². The molecule has 1 aromatic heterocycles. The molecule has 0 N–H and O–H groups in total. The summed E-state index contributed by atoms with van der Waals surface area (Å²) in [6.07, 6.45) is 3.57. The van der Waals surface area contributed by atoms with Gasteiger partial charge in [0.15, 0.2) is 5.79 Å². The number of piperidine rings is 1. The number of carbonyl (C=O) groups is 1. The van der Waals surface area contributed by atoms with Gasteiger partial charge in [0.1, 0.15) is 5.82 Å². The molecule has 1 unspecified atom stereocenters. The second-order valence-electron chi connectivity index (χ2n) is 7.06. The van der Waals surface area contributed by atoms with E-state index in [1.807, 2.05) is 23.1 Å². The van der Waals surface area contributed by atoms with Gasteiger partial charge in [0.25, 0.3) is 0 Å². The fourth-order valence-corrected chi connectivity index (χ4v) is 3.84. The van der Waals surface area contributed by atoms with E-state index in [2.05, 4.69) is 4.98 Å². The maximum atomic E-state index is 13.4. The predicted molar refractivity (Wildman–Crippen MR) is 97.5 cm³/mol. The van der Waals surface area contributed by atoms with Crippen LogP contribution in [0.25, 0.3) is 0 Å². The Morgan fingerprint density at radius 2 is 1.81 bits per heavy atom. The molecule has 1 aromatic carbocycles. The second kappa shape index (κ2) is 7.74. The highest BCUT2D eigenvalue weighted by atomic mass is 19.1. The van der Waals surface area contributed by atoms with Gasteiger partial charge in [-0.25, -0.2) is 4.39 Å². The van der Waals surface area contributed by atoms with Crippen molar-refractivity contribution in [1.82, 2.24) is 9.88 Å². The molecule has 5 nitrogen and oxygen atoms in total. The van der Waals surface area contributed by atoms with Crippen LogP contribution in [0.5, 0.6) is 0 Å². The summed E-state index contributed by atoms with van der Waals surface area (Å²) in [5.74, 6) is -1.17. The van der Waals surface area contributed by atoms with E-state index in [0.717, 1.165) is 11.3 Å². The van der Waals surface area contributed by atoms with Gasteiger partial charge < -0.3 is 14.4 Å². The molecule has 0 saturated carbocycles. The molecule has 0 aliphatic carbocycles. The Morgan fingerprint density at radius 1 is 1.11 bits per heavy atom. The summed E-state index contributed by atoms with van der Waals surface area (Å²) in [4.78, 5) is 19.5. The number of ether oxygens (including phenoxy) is 2. The molecule has 142 valence electrons. The summed E-state index contributed by atoms with van der Waals surface area (Å²) < 4.78 is 24.9. The van der Waals surface area contributed by atoms with Crippen LogP contribution in [-0.4, -0.2) is 47.9 Å². The first-order chi connectivity index (χ1) is 13.2. The lowest BCUT2D eigenvalue weighted by Crippen LogP contribution is -2.48. The monoisotopic (exact) mass is 370 g/mol. The van der Waals surface area contributed by atoms with Crippen LogP contribution in [-0.2, 0) is 20.7 Å². The second-order valence-corrected chi connectivity index (χ2v) is 7.06. The van der Waals surface area contributed by atoms with Gasteiger partial charge in [-0.05, 0) is 29.8 Å². The lowest BCUT2D eigenvalue weighted by molar-refractivity contribution is -0.187. The minimum Gasteiger partial charge on any atom is -0.347 e. The van der Waals surface area contributed by atoms with Crippen LogP contribution < -0.4 is 0 Å². The Hall–Kier alpha value is -2.31. The van der Waals surface area contributed by atoms with Crippen LogP contribution in [0.15, 0.2) is 48.7 Å².